The number of hydrogen-bond acceptors (Lipinski definition) is 2. The molecule has 3 heteroatoms. The fourth-order valence-electron chi connectivity index (χ4n) is 1.48. The molecule has 0 aromatic heterocycles. The molecular formula is C12H16O3. The largest absolute Gasteiger partial charge is 0.482 e. The van der Waals surface area contributed by atoms with Gasteiger partial charge in [-0.3, -0.25) is 0 Å². The maximum absolute atomic E-state index is 10.3. The van der Waals surface area contributed by atoms with Gasteiger partial charge in [0, 0.05) is 0 Å². The highest BCUT2D eigenvalue weighted by atomic mass is 16.5. The molecule has 0 bridgehead atoms. The first-order valence-electron chi connectivity index (χ1n) is 4.96. The van der Waals surface area contributed by atoms with Gasteiger partial charge in [-0.15, -0.1) is 0 Å². The normalized spacial score (nSPS) is 10.4. The summed E-state index contributed by atoms with van der Waals surface area (Å²) < 4.78 is 5.11. The second-order valence-corrected chi connectivity index (χ2v) is 3.86. The molecule has 82 valence electrons. The molecule has 0 saturated carbocycles. The van der Waals surface area contributed by atoms with Crippen molar-refractivity contribution < 1.29 is 14.6 Å². The molecule has 0 radical (unpaired) electrons. The fourth-order valence-corrected chi connectivity index (χ4v) is 1.48. The van der Waals surface area contributed by atoms with Crippen LogP contribution in [0.3, 0.4) is 0 Å². The van der Waals surface area contributed by atoms with Crippen molar-refractivity contribution in [1.82, 2.24) is 0 Å². The van der Waals surface area contributed by atoms with Crippen molar-refractivity contribution in [1.29, 1.82) is 0 Å². The minimum Gasteiger partial charge on any atom is -0.482 e. The van der Waals surface area contributed by atoms with E-state index in [1.54, 1.807) is 6.07 Å². The predicted octanol–water partition coefficient (Wildman–Crippen LogP) is 2.58. The van der Waals surface area contributed by atoms with Crippen LogP contribution in [-0.2, 0) is 4.79 Å². The summed E-state index contributed by atoms with van der Waals surface area (Å²) in [4.78, 5) is 10.3. The van der Waals surface area contributed by atoms with E-state index in [0.717, 1.165) is 0 Å². The van der Waals surface area contributed by atoms with E-state index in [1.807, 2.05) is 19.1 Å². The first-order chi connectivity index (χ1) is 7.00. The summed E-state index contributed by atoms with van der Waals surface area (Å²) in [5, 5.41) is 8.48. The minimum absolute atomic E-state index is 0.291. The molecule has 1 N–H and O–H groups in total. The Morgan fingerprint density at radius 2 is 2.13 bits per heavy atom. The van der Waals surface area contributed by atoms with Gasteiger partial charge in [0.05, 0.1) is 0 Å². The Hall–Kier alpha value is -1.51. The SMILES string of the molecule is Cc1ccc(OCC(=O)O)cc1C(C)C. The average molecular weight is 208 g/mol. The first kappa shape index (κ1) is 11.6. The summed E-state index contributed by atoms with van der Waals surface area (Å²) in [5.74, 6) is 0.0757. The maximum Gasteiger partial charge on any atom is 0.341 e. The van der Waals surface area contributed by atoms with Gasteiger partial charge in [-0.1, -0.05) is 19.9 Å². The van der Waals surface area contributed by atoms with Crippen LogP contribution < -0.4 is 4.74 Å². The van der Waals surface area contributed by atoms with E-state index in [2.05, 4.69) is 13.8 Å². The molecule has 1 aromatic carbocycles. The van der Waals surface area contributed by atoms with E-state index in [1.165, 1.54) is 11.1 Å². The number of benzene rings is 1. The Bertz CT molecular complexity index is 356. The zero-order chi connectivity index (χ0) is 11.4. The van der Waals surface area contributed by atoms with E-state index < -0.39 is 5.97 Å². The van der Waals surface area contributed by atoms with Crippen molar-refractivity contribution in [3.05, 3.63) is 29.3 Å². The Balaban J connectivity index is 2.83. The van der Waals surface area contributed by atoms with Crippen LogP contribution in [0.2, 0.25) is 0 Å². The standard InChI is InChI=1S/C12H16O3/c1-8(2)11-6-10(5-4-9(11)3)15-7-12(13)14/h4-6,8H,7H2,1-3H3,(H,13,14). The summed E-state index contributed by atoms with van der Waals surface area (Å²) in [6, 6.07) is 5.65. The third-order valence-electron chi connectivity index (χ3n) is 2.24. The average Bonchev–Trinajstić information content (AvgIpc) is 2.16. The van der Waals surface area contributed by atoms with Gasteiger partial charge in [-0.2, -0.15) is 0 Å². The van der Waals surface area contributed by atoms with Gasteiger partial charge >= 0.3 is 5.97 Å². The number of carbonyl (C=O) groups is 1. The third-order valence-corrected chi connectivity index (χ3v) is 2.24. The van der Waals surface area contributed by atoms with Gasteiger partial charge in [0.15, 0.2) is 6.61 Å². The highest BCUT2D eigenvalue weighted by Crippen LogP contribution is 2.23. The zero-order valence-corrected chi connectivity index (χ0v) is 9.28. The van der Waals surface area contributed by atoms with Gasteiger partial charge in [-0.25, -0.2) is 4.79 Å². The molecule has 0 spiro atoms. The van der Waals surface area contributed by atoms with Crippen molar-refractivity contribution in [2.45, 2.75) is 26.7 Å². The maximum atomic E-state index is 10.3. The van der Waals surface area contributed by atoms with Crippen LogP contribution in [0.1, 0.15) is 30.9 Å². The van der Waals surface area contributed by atoms with E-state index in [9.17, 15) is 4.79 Å². The molecule has 0 atom stereocenters. The predicted molar refractivity (Wildman–Crippen MR) is 58.4 cm³/mol. The lowest BCUT2D eigenvalue weighted by Crippen LogP contribution is -2.09. The van der Waals surface area contributed by atoms with Crippen molar-refractivity contribution >= 4 is 5.97 Å². The minimum atomic E-state index is -0.957. The molecule has 1 aromatic rings. The smallest absolute Gasteiger partial charge is 0.341 e. The van der Waals surface area contributed by atoms with Gasteiger partial charge in [0.1, 0.15) is 5.75 Å². The number of aliphatic carboxylic acids is 1. The summed E-state index contributed by atoms with van der Waals surface area (Å²) in [7, 11) is 0. The van der Waals surface area contributed by atoms with E-state index in [4.69, 9.17) is 9.84 Å². The van der Waals surface area contributed by atoms with Gasteiger partial charge < -0.3 is 9.84 Å². The summed E-state index contributed by atoms with van der Waals surface area (Å²) in [5.41, 5.74) is 2.39. The molecule has 0 amide bonds. The van der Waals surface area contributed by atoms with Crippen LogP contribution >= 0.6 is 0 Å². The number of carboxylic acids is 1. The van der Waals surface area contributed by atoms with Crippen LogP contribution in [0, 0.1) is 6.92 Å². The second-order valence-electron chi connectivity index (χ2n) is 3.86. The summed E-state index contributed by atoms with van der Waals surface area (Å²) >= 11 is 0. The van der Waals surface area contributed by atoms with Gasteiger partial charge in [0.25, 0.3) is 0 Å². The zero-order valence-electron chi connectivity index (χ0n) is 9.28. The molecule has 15 heavy (non-hydrogen) atoms. The molecule has 0 aliphatic heterocycles. The lowest BCUT2D eigenvalue weighted by Gasteiger charge is -2.11. The van der Waals surface area contributed by atoms with E-state index in [-0.39, 0.29) is 6.61 Å². The summed E-state index contributed by atoms with van der Waals surface area (Å²) in [6.07, 6.45) is 0. The van der Waals surface area contributed by atoms with E-state index in [0.29, 0.717) is 11.7 Å². The van der Waals surface area contributed by atoms with Gasteiger partial charge in [0.2, 0.25) is 0 Å². The number of hydrogen-bond donors (Lipinski definition) is 1. The Kier molecular flexibility index (Phi) is 3.72. The Morgan fingerprint density at radius 3 is 2.67 bits per heavy atom. The molecule has 0 aliphatic rings. The molecule has 0 fully saturated rings. The van der Waals surface area contributed by atoms with Crippen molar-refractivity contribution in [3.63, 3.8) is 0 Å². The third kappa shape index (κ3) is 3.27. The van der Waals surface area contributed by atoms with E-state index >= 15 is 0 Å². The molecule has 0 heterocycles. The number of aryl methyl sites for hydroxylation is 1. The molecule has 0 saturated heterocycles. The van der Waals surface area contributed by atoms with Crippen LogP contribution in [0.15, 0.2) is 18.2 Å². The quantitative estimate of drug-likeness (QED) is 0.827. The second kappa shape index (κ2) is 4.82. The Labute approximate surface area is 89.7 Å². The lowest BCUT2D eigenvalue weighted by molar-refractivity contribution is -0.139. The van der Waals surface area contributed by atoms with Crippen LogP contribution in [0.5, 0.6) is 5.75 Å². The highest BCUT2D eigenvalue weighted by Gasteiger charge is 2.06. The van der Waals surface area contributed by atoms with Crippen molar-refractivity contribution in [2.24, 2.45) is 0 Å². The molecule has 3 nitrogen and oxygen atoms in total. The molecule has 1 rings (SSSR count). The molecular weight excluding hydrogens is 192 g/mol. The number of ether oxygens (including phenoxy) is 1. The fraction of sp³-hybridized carbons (Fsp3) is 0.417. The van der Waals surface area contributed by atoms with Crippen LogP contribution in [0.25, 0.3) is 0 Å². The molecule has 0 aliphatic carbocycles. The highest BCUT2D eigenvalue weighted by molar-refractivity contribution is 5.68. The van der Waals surface area contributed by atoms with Crippen molar-refractivity contribution in [2.75, 3.05) is 6.61 Å². The Morgan fingerprint density at radius 1 is 1.47 bits per heavy atom. The van der Waals surface area contributed by atoms with Crippen molar-refractivity contribution in [3.8, 4) is 5.75 Å². The summed E-state index contributed by atoms with van der Waals surface area (Å²) in [6.45, 7) is 5.95. The van der Waals surface area contributed by atoms with Crippen LogP contribution in [0.4, 0.5) is 0 Å². The lowest BCUT2D eigenvalue weighted by atomic mass is 9.98. The van der Waals surface area contributed by atoms with Crippen LogP contribution in [-0.4, -0.2) is 17.7 Å². The monoisotopic (exact) mass is 208 g/mol. The molecule has 0 unspecified atom stereocenters. The first-order valence-corrected chi connectivity index (χ1v) is 4.96. The topological polar surface area (TPSA) is 46.5 Å². The number of rotatable bonds is 4. The number of carboxylic acid groups (broad SMARTS) is 1. The van der Waals surface area contributed by atoms with Gasteiger partial charge in [-0.05, 0) is 36.1 Å².